The Balaban J connectivity index is 1.86. The fourth-order valence-corrected chi connectivity index (χ4v) is 2.55. The van der Waals surface area contributed by atoms with Crippen molar-refractivity contribution in [2.75, 3.05) is 6.54 Å². The van der Waals surface area contributed by atoms with Crippen LogP contribution < -0.4 is 5.73 Å². The Kier molecular flexibility index (Phi) is 5.44. The summed E-state index contributed by atoms with van der Waals surface area (Å²) in [5.41, 5.74) is 6.34. The molecule has 4 heteroatoms. The molecular formula is C15H14ClNOS. The fraction of sp³-hybridized carbons (Fsp3) is 0.200. The highest BCUT2D eigenvalue weighted by Crippen LogP contribution is 2.19. The van der Waals surface area contributed by atoms with Crippen LogP contribution >= 0.6 is 22.9 Å². The molecule has 2 aromatic rings. The van der Waals surface area contributed by atoms with Crippen LogP contribution in [0.5, 0.6) is 0 Å². The first-order valence-electron chi connectivity index (χ1n) is 5.88. The van der Waals surface area contributed by atoms with Gasteiger partial charge in [-0.3, -0.25) is 0 Å². The Morgan fingerprint density at radius 1 is 1.16 bits per heavy atom. The third-order valence-corrected chi connectivity index (χ3v) is 3.78. The molecule has 2 nitrogen and oxygen atoms in total. The molecule has 19 heavy (non-hydrogen) atoms. The highest BCUT2D eigenvalue weighted by atomic mass is 35.5. The van der Waals surface area contributed by atoms with Crippen LogP contribution in [0, 0.1) is 11.8 Å². The number of rotatable bonds is 4. The third kappa shape index (κ3) is 4.38. The molecule has 0 aliphatic carbocycles. The van der Waals surface area contributed by atoms with Gasteiger partial charge in [0.05, 0.1) is 24.6 Å². The molecule has 0 aliphatic rings. The minimum Gasteiger partial charge on any atom is -0.371 e. The average Bonchev–Trinajstić information content (AvgIpc) is 2.86. The van der Waals surface area contributed by atoms with E-state index in [0.717, 1.165) is 20.3 Å². The van der Waals surface area contributed by atoms with Crippen LogP contribution in [0.4, 0.5) is 0 Å². The van der Waals surface area contributed by atoms with E-state index in [9.17, 15) is 0 Å². The monoisotopic (exact) mass is 291 g/mol. The molecule has 1 aromatic heterocycles. The number of nitrogens with two attached hydrogens (primary N) is 1. The first-order valence-corrected chi connectivity index (χ1v) is 7.08. The average molecular weight is 292 g/mol. The molecule has 2 N–H and O–H groups in total. The lowest BCUT2D eigenvalue weighted by molar-refractivity contribution is 0.109. The number of halogens is 1. The quantitative estimate of drug-likeness (QED) is 0.876. The second-order valence-corrected chi connectivity index (χ2v) is 5.43. The molecule has 0 unspecified atom stereocenters. The van der Waals surface area contributed by atoms with E-state index >= 15 is 0 Å². The van der Waals surface area contributed by atoms with Crippen molar-refractivity contribution in [1.82, 2.24) is 0 Å². The van der Waals surface area contributed by atoms with Gasteiger partial charge in [-0.15, -0.1) is 11.3 Å². The molecule has 0 atom stereocenters. The number of ether oxygens (including phenoxy) is 1. The summed E-state index contributed by atoms with van der Waals surface area (Å²) in [5.74, 6) is 5.85. The van der Waals surface area contributed by atoms with Crippen LogP contribution in [0.2, 0.25) is 5.02 Å². The predicted molar refractivity (Wildman–Crippen MR) is 80.2 cm³/mol. The lowest BCUT2D eigenvalue weighted by Crippen LogP contribution is -1.93. The zero-order valence-electron chi connectivity index (χ0n) is 10.4. The summed E-state index contributed by atoms with van der Waals surface area (Å²) in [4.78, 5) is 2.16. The highest BCUT2D eigenvalue weighted by molar-refractivity contribution is 7.12. The highest BCUT2D eigenvalue weighted by Gasteiger charge is 2.01. The topological polar surface area (TPSA) is 35.2 Å². The Hall–Kier alpha value is -1.31. The molecule has 0 spiro atoms. The maximum atomic E-state index is 6.06. The molecule has 1 aromatic carbocycles. The van der Waals surface area contributed by atoms with Gasteiger partial charge >= 0.3 is 0 Å². The molecule has 0 bridgehead atoms. The fourth-order valence-electron chi connectivity index (χ4n) is 1.54. The molecule has 0 fully saturated rings. The van der Waals surface area contributed by atoms with Crippen molar-refractivity contribution >= 4 is 22.9 Å². The third-order valence-electron chi connectivity index (χ3n) is 2.44. The molecule has 1 heterocycles. The zero-order valence-corrected chi connectivity index (χ0v) is 11.9. The maximum absolute atomic E-state index is 6.06. The van der Waals surface area contributed by atoms with E-state index in [4.69, 9.17) is 22.1 Å². The van der Waals surface area contributed by atoms with Crippen LogP contribution in [-0.4, -0.2) is 6.54 Å². The summed E-state index contributed by atoms with van der Waals surface area (Å²) >= 11 is 7.68. The summed E-state index contributed by atoms with van der Waals surface area (Å²) in [5, 5.41) is 0.739. The van der Waals surface area contributed by atoms with E-state index in [2.05, 4.69) is 11.8 Å². The van der Waals surface area contributed by atoms with Crippen LogP contribution in [0.15, 0.2) is 36.4 Å². The summed E-state index contributed by atoms with van der Waals surface area (Å²) in [7, 11) is 0. The van der Waals surface area contributed by atoms with Crippen molar-refractivity contribution in [2.24, 2.45) is 5.73 Å². The molecule has 0 saturated carbocycles. The Morgan fingerprint density at radius 2 is 2.00 bits per heavy atom. The van der Waals surface area contributed by atoms with Crippen LogP contribution in [-0.2, 0) is 18.0 Å². The van der Waals surface area contributed by atoms with E-state index < -0.39 is 0 Å². The molecule has 2 rings (SSSR count). The van der Waals surface area contributed by atoms with Crippen molar-refractivity contribution in [3.63, 3.8) is 0 Å². The summed E-state index contributed by atoms with van der Waals surface area (Å²) in [6.45, 7) is 1.47. The maximum Gasteiger partial charge on any atom is 0.0814 e. The van der Waals surface area contributed by atoms with Crippen LogP contribution in [0.25, 0.3) is 0 Å². The minimum absolute atomic E-state index is 0.385. The van der Waals surface area contributed by atoms with E-state index in [1.54, 1.807) is 11.3 Å². The smallest absolute Gasteiger partial charge is 0.0814 e. The number of hydrogen-bond acceptors (Lipinski definition) is 3. The molecule has 0 saturated heterocycles. The van der Waals surface area contributed by atoms with Crippen molar-refractivity contribution in [3.8, 4) is 11.8 Å². The zero-order chi connectivity index (χ0) is 13.5. The van der Waals surface area contributed by atoms with Crippen molar-refractivity contribution < 1.29 is 4.74 Å². The molecule has 0 amide bonds. The summed E-state index contributed by atoms with van der Waals surface area (Å²) in [6.07, 6.45) is 0. The van der Waals surface area contributed by atoms with Crippen molar-refractivity contribution in [1.29, 1.82) is 0 Å². The van der Waals surface area contributed by atoms with Crippen molar-refractivity contribution in [2.45, 2.75) is 13.2 Å². The van der Waals surface area contributed by atoms with Gasteiger partial charge < -0.3 is 10.5 Å². The van der Waals surface area contributed by atoms with E-state index in [-0.39, 0.29) is 0 Å². The largest absolute Gasteiger partial charge is 0.371 e. The first kappa shape index (κ1) is 14.1. The predicted octanol–water partition coefficient (Wildman–Crippen LogP) is 3.43. The van der Waals surface area contributed by atoms with Crippen LogP contribution in [0.1, 0.15) is 15.3 Å². The van der Waals surface area contributed by atoms with E-state index in [0.29, 0.717) is 19.8 Å². The lowest BCUT2D eigenvalue weighted by Gasteiger charge is -2.04. The minimum atomic E-state index is 0.385. The van der Waals surface area contributed by atoms with E-state index in [1.165, 1.54) is 0 Å². The van der Waals surface area contributed by atoms with Gasteiger partial charge in [-0.05, 0) is 23.8 Å². The number of benzene rings is 1. The summed E-state index contributed by atoms with van der Waals surface area (Å²) < 4.78 is 5.66. The Bertz CT molecular complexity index is 597. The van der Waals surface area contributed by atoms with Gasteiger partial charge in [0, 0.05) is 9.90 Å². The number of hydrogen-bond donors (Lipinski definition) is 1. The summed E-state index contributed by atoms with van der Waals surface area (Å²) in [6, 6.07) is 11.7. The van der Waals surface area contributed by atoms with Crippen molar-refractivity contribution in [3.05, 3.63) is 56.7 Å². The standard InChI is InChI=1S/C15H14ClNOS/c16-15-6-2-1-4-12(15)10-18-11-14-8-7-13(19-14)5-3-9-17/h1-2,4,6-8H,9-11,17H2. The van der Waals surface area contributed by atoms with Gasteiger partial charge in [-0.2, -0.15) is 0 Å². The lowest BCUT2D eigenvalue weighted by atomic mass is 10.2. The van der Waals surface area contributed by atoms with Gasteiger partial charge in [0.1, 0.15) is 0 Å². The Morgan fingerprint density at radius 3 is 2.79 bits per heavy atom. The van der Waals surface area contributed by atoms with Gasteiger partial charge in [0.2, 0.25) is 0 Å². The van der Waals surface area contributed by atoms with Crippen LogP contribution in [0.3, 0.4) is 0 Å². The second kappa shape index (κ2) is 7.32. The molecule has 0 aliphatic heterocycles. The van der Waals surface area contributed by atoms with Gasteiger partial charge in [-0.25, -0.2) is 0 Å². The normalized spacial score (nSPS) is 10.0. The number of thiophene rings is 1. The molecule has 0 radical (unpaired) electrons. The second-order valence-electron chi connectivity index (χ2n) is 3.86. The Labute approximate surface area is 122 Å². The molecular weight excluding hydrogens is 278 g/mol. The van der Waals surface area contributed by atoms with Gasteiger partial charge in [0.25, 0.3) is 0 Å². The van der Waals surface area contributed by atoms with Gasteiger partial charge in [-0.1, -0.05) is 41.6 Å². The first-order chi connectivity index (χ1) is 9.29. The van der Waals surface area contributed by atoms with Gasteiger partial charge in [0.15, 0.2) is 0 Å². The van der Waals surface area contributed by atoms with E-state index in [1.807, 2.05) is 36.4 Å². The SMILES string of the molecule is NCC#Cc1ccc(COCc2ccccc2Cl)s1. The molecule has 98 valence electrons.